The van der Waals surface area contributed by atoms with Crippen LogP contribution in [-0.2, 0) is 0 Å². The molecule has 2 fully saturated rings. The van der Waals surface area contributed by atoms with E-state index in [1.165, 1.54) is 19.3 Å². The molecule has 110 valence electrons. The first kappa shape index (κ1) is 14.0. The fourth-order valence-electron chi connectivity index (χ4n) is 2.95. The highest BCUT2D eigenvalue weighted by Crippen LogP contribution is 2.41. The summed E-state index contributed by atoms with van der Waals surface area (Å²) in [6.07, 6.45) is 4.10. The summed E-state index contributed by atoms with van der Waals surface area (Å²) in [6, 6.07) is 5.65. The Bertz CT molecular complexity index is 456. The molecule has 1 N–H and O–H groups in total. The molecule has 1 heterocycles. The monoisotopic (exact) mass is 295 g/mol. The van der Waals surface area contributed by atoms with Gasteiger partial charge in [-0.2, -0.15) is 0 Å². The molecule has 0 spiro atoms. The number of rotatable bonds is 6. The van der Waals surface area contributed by atoms with Gasteiger partial charge in [0, 0.05) is 23.6 Å². The molecule has 3 rings (SSSR count). The zero-order valence-electron chi connectivity index (χ0n) is 11.9. The number of hydrogen-bond acceptors (Lipinski definition) is 3. The minimum atomic E-state index is 0.311. The largest absolute Gasteiger partial charge is 0.490 e. The third kappa shape index (κ3) is 3.21. The van der Waals surface area contributed by atoms with E-state index in [1.807, 2.05) is 25.1 Å². The lowest BCUT2D eigenvalue weighted by atomic mass is 9.97. The maximum absolute atomic E-state index is 6.34. The second-order valence-electron chi connectivity index (χ2n) is 5.70. The molecule has 2 atom stereocenters. The van der Waals surface area contributed by atoms with Gasteiger partial charge in [0.1, 0.15) is 6.10 Å². The van der Waals surface area contributed by atoms with Crippen LogP contribution in [-0.4, -0.2) is 25.8 Å². The molecule has 1 aliphatic heterocycles. The summed E-state index contributed by atoms with van der Waals surface area (Å²) in [6.45, 7) is 4.77. The average Bonchev–Trinajstić information content (AvgIpc) is 3.13. The van der Waals surface area contributed by atoms with Gasteiger partial charge < -0.3 is 14.8 Å². The molecular weight excluding hydrogens is 274 g/mol. The van der Waals surface area contributed by atoms with Crippen LogP contribution < -0.4 is 14.8 Å². The summed E-state index contributed by atoms with van der Waals surface area (Å²) in [4.78, 5) is 0. The van der Waals surface area contributed by atoms with E-state index in [4.69, 9.17) is 21.1 Å². The Labute approximate surface area is 125 Å². The summed E-state index contributed by atoms with van der Waals surface area (Å²) in [5, 5.41) is 4.12. The minimum Gasteiger partial charge on any atom is -0.490 e. The van der Waals surface area contributed by atoms with E-state index in [0.717, 1.165) is 24.6 Å². The molecule has 1 aliphatic carbocycles. The lowest BCUT2D eigenvalue weighted by Crippen LogP contribution is -2.31. The number of benzene rings is 1. The molecule has 20 heavy (non-hydrogen) atoms. The van der Waals surface area contributed by atoms with Crippen LogP contribution in [0.5, 0.6) is 11.5 Å². The van der Waals surface area contributed by atoms with Crippen LogP contribution >= 0.6 is 11.6 Å². The number of ether oxygens (including phenoxy) is 2. The van der Waals surface area contributed by atoms with Crippen molar-refractivity contribution in [2.24, 2.45) is 11.8 Å². The van der Waals surface area contributed by atoms with Crippen molar-refractivity contribution in [1.82, 2.24) is 5.32 Å². The molecule has 0 aromatic heterocycles. The third-order valence-electron chi connectivity index (χ3n) is 4.12. The normalized spacial score (nSPS) is 23.6. The molecule has 3 nitrogen and oxygen atoms in total. The molecule has 0 amide bonds. The van der Waals surface area contributed by atoms with E-state index < -0.39 is 0 Å². The lowest BCUT2D eigenvalue weighted by Gasteiger charge is -2.25. The van der Waals surface area contributed by atoms with E-state index in [0.29, 0.717) is 29.6 Å². The number of hydrogen-bond donors (Lipinski definition) is 1. The summed E-state index contributed by atoms with van der Waals surface area (Å²) in [5.41, 5.74) is 0. The highest BCUT2D eigenvalue weighted by Gasteiger charge is 2.39. The summed E-state index contributed by atoms with van der Waals surface area (Å²) < 4.78 is 12.0. The fraction of sp³-hybridized carbons (Fsp3) is 0.625. The van der Waals surface area contributed by atoms with Crippen molar-refractivity contribution in [3.8, 4) is 11.5 Å². The fourth-order valence-corrected chi connectivity index (χ4v) is 3.12. The van der Waals surface area contributed by atoms with Gasteiger partial charge in [-0.15, -0.1) is 0 Å². The molecular formula is C16H22ClNO2. The van der Waals surface area contributed by atoms with Crippen LogP contribution in [0, 0.1) is 11.8 Å². The molecule has 4 heteroatoms. The molecule has 0 unspecified atom stereocenters. The van der Waals surface area contributed by atoms with Crippen LogP contribution in [0.25, 0.3) is 0 Å². The number of halogens is 1. The minimum absolute atomic E-state index is 0.311. The van der Waals surface area contributed by atoms with Gasteiger partial charge in [-0.25, -0.2) is 0 Å². The Hall–Kier alpha value is -0.930. The second-order valence-corrected chi connectivity index (χ2v) is 6.13. The van der Waals surface area contributed by atoms with Crippen molar-refractivity contribution in [1.29, 1.82) is 0 Å². The van der Waals surface area contributed by atoms with Gasteiger partial charge >= 0.3 is 0 Å². The summed E-state index contributed by atoms with van der Waals surface area (Å²) in [5.74, 6) is 2.93. The van der Waals surface area contributed by atoms with E-state index in [1.54, 1.807) is 0 Å². The van der Waals surface area contributed by atoms with Gasteiger partial charge in [-0.05, 0) is 50.8 Å². The van der Waals surface area contributed by atoms with Crippen LogP contribution in [0.2, 0.25) is 5.02 Å². The van der Waals surface area contributed by atoms with Gasteiger partial charge in [0.05, 0.1) is 6.61 Å². The van der Waals surface area contributed by atoms with Gasteiger partial charge in [-0.3, -0.25) is 0 Å². The number of nitrogens with one attached hydrogen (secondary N) is 1. The smallest absolute Gasteiger partial charge is 0.162 e. The predicted octanol–water partition coefficient (Wildman–Crippen LogP) is 3.51. The van der Waals surface area contributed by atoms with Crippen molar-refractivity contribution < 1.29 is 9.47 Å². The topological polar surface area (TPSA) is 30.5 Å². The molecule has 1 saturated carbocycles. The molecule has 1 aromatic rings. The zero-order valence-corrected chi connectivity index (χ0v) is 12.7. The van der Waals surface area contributed by atoms with Gasteiger partial charge in [-0.1, -0.05) is 11.6 Å². The molecule has 1 saturated heterocycles. The average molecular weight is 296 g/mol. The van der Waals surface area contributed by atoms with E-state index >= 15 is 0 Å². The van der Waals surface area contributed by atoms with Gasteiger partial charge in [0.25, 0.3) is 0 Å². The van der Waals surface area contributed by atoms with Crippen LogP contribution in [0.15, 0.2) is 18.2 Å². The first-order valence-electron chi connectivity index (χ1n) is 7.57. The van der Waals surface area contributed by atoms with E-state index in [-0.39, 0.29) is 0 Å². The van der Waals surface area contributed by atoms with Crippen molar-refractivity contribution >= 4 is 11.6 Å². The summed E-state index contributed by atoms with van der Waals surface area (Å²) >= 11 is 6.05. The van der Waals surface area contributed by atoms with Crippen LogP contribution in [0.1, 0.15) is 26.2 Å². The zero-order chi connectivity index (χ0) is 13.9. The Morgan fingerprint density at radius 3 is 2.75 bits per heavy atom. The third-order valence-corrected chi connectivity index (χ3v) is 4.35. The van der Waals surface area contributed by atoms with Crippen molar-refractivity contribution in [3.05, 3.63) is 23.2 Å². The van der Waals surface area contributed by atoms with Crippen LogP contribution in [0.4, 0.5) is 0 Å². The standard InChI is InChI=1S/C16H22ClNO2/c1-2-19-15-9-13(17)5-6-14(15)20-16(11-3-4-11)12-7-8-18-10-12/h5-6,9,11-12,16,18H,2-4,7-8,10H2,1H3/t12-,16+/m0/s1. The first-order valence-corrected chi connectivity index (χ1v) is 7.95. The highest BCUT2D eigenvalue weighted by molar-refractivity contribution is 6.30. The van der Waals surface area contributed by atoms with Crippen molar-refractivity contribution in [2.45, 2.75) is 32.3 Å². The Morgan fingerprint density at radius 1 is 1.25 bits per heavy atom. The van der Waals surface area contributed by atoms with Crippen LogP contribution in [0.3, 0.4) is 0 Å². The maximum atomic E-state index is 6.34. The summed E-state index contributed by atoms with van der Waals surface area (Å²) in [7, 11) is 0. The van der Waals surface area contributed by atoms with Gasteiger partial charge in [0.2, 0.25) is 0 Å². The highest BCUT2D eigenvalue weighted by atomic mass is 35.5. The van der Waals surface area contributed by atoms with Crippen molar-refractivity contribution in [3.63, 3.8) is 0 Å². The Morgan fingerprint density at radius 2 is 2.10 bits per heavy atom. The van der Waals surface area contributed by atoms with Crippen molar-refractivity contribution in [2.75, 3.05) is 19.7 Å². The Balaban J connectivity index is 1.77. The second kappa shape index (κ2) is 6.23. The van der Waals surface area contributed by atoms with Gasteiger partial charge in [0.15, 0.2) is 11.5 Å². The molecule has 1 aromatic carbocycles. The molecule has 0 bridgehead atoms. The van der Waals surface area contributed by atoms with E-state index in [9.17, 15) is 0 Å². The molecule has 0 radical (unpaired) electrons. The molecule has 2 aliphatic rings. The van der Waals surface area contributed by atoms with E-state index in [2.05, 4.69) is 5.32 Å². The SMILES string of the molecule is CCOc1cc(Cl)ccc1O[C@H](C1CC1)[C@H]1CCNC1. The predicted molar refractivity (Wildman–Crippen MR) is 80.7 cm³/mol. The first-order chi connectivity index (χ1) is 9.78. The maximum Gasteiger partial charge on any atom is 0.162 e. The Kier molecular flexibility index (Phi) is 4.37. The quantitative estimate of drug-likeness (QED) is 0.871. The lowest BCUT2D eigenvalue weighted by molar-refractivity contribution is 0.115.